The van der Waals surface area contributed by atoms with Gasteiger partial charge in [-0.05, 0) is 43.7 Å². The van der Waals surface area contributed by atoms with Crippen molar-refractivity contribution in [3.63, 3.8) is 0 Å². The van der Waals surface area contributed by atoms with Gasteiger partial charge in [0.05, 0.1) is 17.0 Å². The molecule has 0 aliphatic rings. The van der Waals surface area contributed by atoms with Crippen LogP contribution in [0.2, 0.25) is 5.02 Å². The molecule has 0 fully saturated rings. The van der Waals surface area contributed by atoms with Crippen molar-refractivity contribution in [3.8, 4) is 6.07 Å². The highest BCUT2D eigenvalue weighted by molar-refractivity contribution is 6.31. The van der Waals surface area contributed by atoms with Crippen molar-refractivity contribution >= 4 is 29.0 Å². The van der Waals surface area contributed by atoms with E-state index in [2.05, 4.69) is 11.4 Å². The maximum atomic E-state index is 12.8. The lowest BCUT2D eigenvalue weighted by molar-refractivity contribution is -0.384. The molecule has 3 aromatic rings. The van der Waals surface area contributed by atoms with Crippen molar-refractivity contribution in [1.29, 1.82) is 5.26 Å². The molecule has 8 nitrogen and oxygen atoms in total. The number of aromatic nitrogens is 1. The summed E-state index contributed by atoms with van der Waals surface area (Å²) < 4.78 is 1.93. The molecule has 1 aromatic heterocycles. The highest BCUT2D eigenvalue weighted by Crippen LogP contribution is 2.28. The van der Waals surface area contributed by atoms with Gasteiger partial charge in [-0.3, -0.25) is 19.8 Å². The largest absolute Gasteiger partial charge is 0.326 e. The Hall–Kier alpha value is -3.67. The van der Waals surface area contributed by atoms with E-state index in [9.17, 15) is 20.2 Å². The third-order valence-corrected chi connectivity index (χ3v) is 5.85. The Balaban J connectivity index is 1.77. The van der Waals surface area contributed by atoms with Gasteiger partial charge in [0.2, 0.25) is 5.91 Å². The molecule has 170 valence electrons. The Morgan fingerprint density at radius 1 is 1.24 bits per heavy atom. The molecule has 1 amide bonds. The van der Waals surface area contributed by atoms with Gasteiger partial charge in [0.15, 0.2) is 0 Å². The van der Waals surface area contributed by atoms with Crippen LogP contribution < -0.4 is 5.32 Å². The Morgan fingerprint density at radius 3 is 2.58 bits per heavy atom. The Morgan fingerprint density at radius 2 is 1.94 bits per heavy atom. The molecule has 1 heterocycles. The third-order valence-electron chi connectivity index (χ3n) is 5.48. The van der Waals surface area contributed by atoms with Crippen molar-refractivity contribution in [2.75, 3.05) is 18.9 Å². The van der Waals surface area contributed by atoms with Gasteiger partial charge in [-0.2, -0.15) is 5.26 Å². The summed E-state index contributed by atoms with van der Waals surface area (Å²) in [4.78, 5) is 25.1. The van der Waals surface area contributed by atoms with Crippen LogP contribution in [0.15, 0.2) is 48.5 Å². The number of benzene rings is 2. The summed E-state index contributed by atoms with van der Waals surface area (Å²) in [5, 5.41) is 24.0. The third kappa shape index (κ3) is 5.58. The number of halogens is 1. The van der Waals surface area contributed by atoms with Crippen molar-refractivity contribution < 1.29 is 9.72 Å². The smallest absolute Gasteiger partial charge is 0.269 e. The van der Waals surface area contributed by atoms with Crippen molar-refractivity contribution in [3.05, 3.63) is 91.6 Å². The number of nitrogens with one attached hydrogen (secondary N) is 1. The van der Waals surface area contributed by atoms with Crippen LogP contribution in [-0.2, 0) is 17.9 Å². The van der Waals surface area contributed by atoms with Crippen LogP contribution in [0.25, 0.3) is 0 Å². The Labute approximate surface area is 197 Å². The fourth-order valence-corrected chi connectivity index (χ4v) is 3.83. The molecule has 0 saturated heterocycles. The van der Waals surface area contributed by atoms with Gasteiger partial charge in [-0.25, -0.2) is 0 Å². The van der Waals surface area contributed by atoms with Crippen LogP contribution in [0.5, 0.6) is 0 Å². The summed E-state index contributed by atoms with van der Waals surface area (Å²) in [6.07, 6.45) is 0. The molecule has 2 aromatic carbocycles. The Kier molecular flexibility index (Phi) is 7.48. The van der Waals surface area contributed by atoms with Gasteiger partial charge in [-0.1, -0.05) is 41.9 Å². The van der Waals surface area contributed by atoms with E-state index in [1.165, 1.54) is 18.2 Å². The average Bonchev–Trinajstić information content (AvgIpc) is 2.99. The SMILES string of the molecule is Cc1c(C#N)c(NC(=O)CN(C)Cc2cc([N+](=O)[O-])ccc2Cl)n(Cc2ccccc2)c1C. The van der Waals surface area contributed by atoms with Gasteiger partial charge >= 0.3 is 0 Å². The lowest BCUT2D eigenvalue weighted by Crippen LogP contribution is -2.31. The number of nitrogens with zero attached hydrogens (tertiary/aromatic N) is 4. The molecule has 0 unspecified atom stereocenters. The van der Waals surface area contributed by atoms with Crippen LogP contribution in [-0.4, -0.2) is 33.9 Å². The summed E-state index contributed by atoms with van der Waals surface area (Å²) in [7, 11) is 1.72. The van der Waals surface area contributed by atoms with E-state index in [0.717, 1.165) is 16.8 Å². The second-order valence-corrected chi connectivity index (χ2v) is 8.28. The number of carbonyl (C=O) groups is 1. The molecule has 9 heteroatoms. The number of non-ortho nitro benzene ring substituents is 1. The summed E-state index contributed by atoms with van der Waals surface area (Å²) in [6.45, 7) is 4.57. The summed E-state index contributed by atoms with van der Waals surface area (Å²) in [5.74, 6) is 0.158. The number of nitriles is 1. The van der Waals surface area contributed by atoms with E-state index >= 15 is 0 Å². The summed E-state index contributed by atoms with van der Waals surface area (Å²) in [5.41, 5.74) is 3.70. The normalized spacial score (nSPS) is 10.8. The number of anilines is 1. The zero-order valence-electron chi connectivity index (χ0n) is 18.6. The molecule has 0 aliphatic heterocycles. The molecule has 3 rings (SSSR count). The van der Waals surface area contributed by atoms with Gasteiger partial charge in [0.1, 0.15) is 11.9 Å². The minimum atomic E-state index is -0.485. The van der Waals surface area contributed by atoms with E-state index in [1.54, 1.807) is 11.9 Å². The monoisotopic (exact) mass is 465 g/mol. The predicted octanol–water partition coefficient (Wildman–Crippen LogP) is 4.66. The fraction of sp³-hybridized carbons (Fsp3) is 0.250. The second-order valence-electron chi connectivity index (χ2n) is 7.87. The lowest BCUT2D eigenvalue weighted by Gasteiger charge is -2.18. The molecular weight excluding hydrogens is 442 g/mol. The van der Waals surface area contributed by atoms with Crippen LogP contribution >= 0.6 is 11.6 Å². The lowest BCUT2D eigenvalue weighted by atomic mass is 10.2. The van der Waals surface area contributed by atoms with Gasteiger partial charge < -0.3 is 9.88 Å². The van der Waals surface area contributed by atoms with Crippen LogP contribution in [0.4, 0.5) is 11.5 Å². The molecule has 0 spiro atoms. The zero-order chi connectivity index (χ0) is 24.1. The molecule has 33 heavy (non-hydrogen) atoms. The molecule has 1 N–H and O–H groups in total. The summed E-state index contributed by atoms with van der Waals surface area (Å²) in [6, 6.07) is 16.2. The van der Waals surface area contributed by atoms with E-state index < -0.39 is 4.92 Å². The van der Waals surface area contributed by atoms with Gasteiger partial charge in [-0.15, -0.1) is 0 Å². The first-order valence-corrected chi connectivity index (χ1v) is 10.6. The molecular formula is C24H24ClN5O3. The highest BCUT2D eigenvalue weighted by Gasteiger charge is 2.21. The van der Waals surface area contributed by atoms with Crippen molar-refractivity contribution in [1.82, 2.24) is 9.47 Å². The maximum absolute atomic E-state index is 12.8. The predicted molar refractivity (Wildman–Crippen MR) is 127 cm³/mol. The number of hydrogen-bond acceptors (Lipinski definition) is 5. The quantitative estimate of drug-likeness (QED) is 0.385. The minimum Gasteiger partial charge on any atom is -0.326 e. The first kappa shape index (κ1) is 24.0. The number of likely N-dealkylation sites (N-methyl/N-ethyl adjacent to an activating group) is 1. The Bertz CT molecular complexity index is 1230. The number of nitro benzene ring substituents is 1. The van der Waals surface area contributed by atoms with E-state index in [0.29, 0.717) is 28.5 Å². The molecule has 0 bridgehead atoms. The second kappa shape index (κ2) is 10.3. The molecule has 0 saturated carbocycles. The minimum absolute atomic E-state index is 0.0124. The van der Waals surface area contributed by atoms with E-state index in [1.807, 2.05) is 48.7 Å². The topological polar surface area (TPSA) is 104 Å². The van der Waals surface area contributed by atoms with Crippen molar-refractivity contribution in [2.24, 2.45) is 0 Å². The molecule has 0 atom stereocenters. The molecule has 0 radical (unpaired) electrons. The standard InChI is InChI=1S/C24H24ClN5O3/c1-16-17(2)29(13-18-7-5-4-6-8-18)24(21(16)12-26)27-23(31)15-28(3)14-19-11-20(30(32)33)9-10-22(19)25/h4-11H,13-15H2,1-3H3,(H,27,31). The first-order valence-electron chi connectivity index (χ1n) is 10.3. The van der Waals surface area contributed by atoms with Crippen molar-refractivity contribution in [2.45, 2.75) is 26.9 Å². The van der Waals surface area contributed by atoms with E-state index in [-0.39, 0.29) is 24.7 Å². The maximum Gasteiger partial charge on any atom is 0.269 e. The number of hydrogen-bond donors (Lipinski definition) is 1. The van der Waals surface area contributed by atoms with Crippen LogP contribution in [0.1, 0.15) is 27.9 Å². The van der Waals surface area contributed by atoms with Gasteiger partial charge in [0.25, 0.3) is 5.69 Å². The average molecular weight is 466 g/mol. The van der Waals surface area contributed by atoms with Crippen LogP contribution in [0, 0.1) is 35.3 Å². The number of rotatable bonds is 8. The zero-order valence-corrected chi connectivity index (χ0v) is 19.4. The van der Waals surface area contributed by atoms with Crippen LogP contribution in [0.3, 0.4) is 0 Å². The molecule has 0 aliphatic carbocycles. The fourth-order valence-electron chi connectivity index (χ4n) is 3.65. The number of carbonyl (C=O) groups excluding carboxylic acids is 1. The number of nitro groups is 1. The highest BCUT2D eigenvalue weighted by atomic mass is 35.5. The summed E-state index contributed by atoms with van der Waals surface area (Å²) >= 11 is 6.18. The van der Waals surface area contributed by atoms with Gasteiger partial charge in [0, 0.05) is 35.9 Å². The first-order chi connectivity index (χ1) is 15.7. The number of amides is 1. The van der Waals surface area contributed by atoms with E-state index in [4.69, 9.17) is 11.6 Å².